The Morgan fingerprint density at radius 2 is 1.84 bits per heavy atom. The van der Waals surface area contributed by atoms with E-state index in [-0.39, 0.29) is 0 Å². The summed E-state index contributed by atoms with van der Waals surface area (Å²) in [6.45, 7) is 3.95. The van der Waals surface area contributed by atoms with Crippen LogP contribution in [0.1, 0.15) is 16.1 Å². The quantitative estimate of drug-likeness (QED) is 0.593. The molecule has 0 bridgehead atoms. The summed E-state index contributed by atoms with van der Waals surface area (Å²) in [7, 11) is 5.43. The van der Waals surface area contributed by atoms with E-state index in [1.807, 2.05) is 29.5 Å². The van der Waals surface area contributed by atoms with Gasteiger partial charge in [0.15, 0.2) is 11.5 Å². The molecule has 0 saturated heterocycles. The summed E-state index contributed by atoms with van der Waals surface area (Å²) in [5.41, 5.74) is 3.50. The van der Waals surface area contributed by atoms with E-state index in [4.69, 9.17) is 14.5 Å². The molecule has 2 heterocycles. The minimum atomic E-state index is 0.724. The van der Waals surface area contributed by atoms with Gasteiger partial charge in [-0.15, -0.1) is 22.7 Å². The number of aryl methyl sites for hydroxylation is 1. The molecule has 3 aromatic rings. The van der Waals surface area contributed by atoms with Crippen LogP contribution in [0.25, 0.3) is 10.6 Å². The highest BCUT2D eigenvalue weighted by molar-refractivity contribution is 7.13. The van der Waals surface area contributed by atoms with Gasteiger partial charge in [-0.05, 0) is 49.2 Å². The molecule has 0 aliphatic heterocycles. The summed E-state index contributed by atoms with van der Waals surface area (Å²) >= 11 is 3.47. The Morgan fingerprint density at radius 1 is 1.04 bits per heavy atom. The van der Waals surface area contributed by atoms with Gasteiger partial charge in [0.25, 0.3) is 0 Å². The van der Waals surface area contributed by atoms with Crippen molar-refractivity contribution in [1.82, 2.24) is 9.88 Å². The fraction of sp³-hybridized carbons (Fsp3) is 0.316. The summed E-state index contributed by atoms with van der Waals surface area (Å²) in [6.07, 6.45) is 0. The molecule has 0 radical (unpaired) electrons. The molecule has 3 rings (SSSR count). The number of benzene rings is 1. The van der Waals surface area contributed by atoms with Crippen LogP contribution in [-0.4, -0.2) is 31.2 Å². The third kappa shape index (κ3) is 4.21. The first-order chi connectivity index (χ1) is 12.1. The SMILES string of the molecule is COc1ccc(-c2nc(CN(C)Cc3sccc3C)cs2)cc1OC. The number of thiazole rings is 1. The highest BCUT2D eigenvalue weighted by Gasteiger charge is 2.11. The van der Waals surface area contributed by atoms with Crippen molar-refractivity contribution in [1.29, 1.82) is 0 Å². The van der Waals surface area contributed by atoms with Crippen LogP contribution >= 0.6 is 22.7 Å². The second kappa shape index (κ2) is 7.99. The van der Waals surface area contributed by atoms with Crippen molar-refractivity contribution in [2.24, 2.45) is 0 Å². The predicted octanol–water partition coefficient (Wildman–Crippen LogP) is 4.83. The zero-order chi connectivity index (χ0) is 17.8. The molecule has 0 aliphatic carbocycles. The molecule has 0 aliphatic rings. The smallest absolute Gasteiger partial charge is 0.161 e. The highest BCUT2D eigenvalue weighted by atomic mass is 32.1. The number of methoxy groups -OCH3 is 2. The maximum Gasteiger partial charge on any atom is 0.161 e. The van der Waals surface area contributed by atoms with E-state index in [0.29, 0.717) is 0 Å². The maximum absolute atomic E-state index is 5.38. The van der Waals surface area contributed by atoms with Crippen molar-refractivity contribution in [3.63, 3.8) is 0 Å². The van der Waals surface area contributed by atoms with Crippen molar-refractivity contribution < 1.29 is 9.47 Å². The molecule has 0 amide bonds. The van der Waals surface area contributed by atoms with Crippen molar-refractivity contribution in [3.05, 3.63) is 51.2 Å². The molecule has 25 heavy (non-hydrogen) atoms. The first-order valence-corrected chi connectivity index (χ1v) is 9.75. The highest BCUT2D eigenvalue weighted by Crippen LogP contribution is 2.33. The van der Waals surface area contributed by atoms with E-state index in [0.717, 1.165) is 40.9 Å². The van der Waals surface area contributed by atoms with Gasteiger partial charge < -0.3 is 9.47 Å². The lowest BCUT2D eigenvalue weighted by Crippen LogP contribution is -2.17. The van der Waals surface area contributed by atoms with E-state index in [9.17, 15) is 0 Å². The molecule has 0 N–H and O–H groups in total. The molecule has 0 saturated carbocycles. The summed E-state index contributed by atoms with van der Waals surface area (Å²) < 4.78 is 10.7. The third-order valence-electron chi connectivity index (χ3n) is 4.00. The Kier molecular flexibility index (Phi) is 5.73. The van der Waals surface area contributed by atoms with Crippen LogP contribution in [0.2, 0.25) is 0 Å². The van der Waals surface area contributed by atoms with Crippen LogP contribution in [0.5, 0.6) is 11.5 Å². The van der Waals surface area contributed by atoms with Gasteiger partial charge >= 0.3 is 0 Å². The van der Waals surface area contributed by atoms with E-state index >= 15 is 0 Å². The van der Waals surface area contributed by atoms with Gasteiger partial charge in [0, 0.05) is 28.9 Å². The van der Waals surface area contributed by atoms with Gasteiger partial charge in [-0.1, -0.05) is 0 Å². The monoisotopic (exact) mass is 374 g/mol. The molecule has 0 atom stereocenters. The Balaban J connectivity index is 1.71. The lowest BCUT2D eigenvalue weighted by atomic mass is 10.2. The first-order valence-electron chi connectivity index (χ1n) is 7.99. The Bertz CT molecular complexity index is 842. The summed E-state index contributed by atoms with van der Waals surface area (Å²) in [6, 6.07) is 8.08. The molecule has 1 aromatic carbocycles. The number of nitrogens with zero attached hydrogens (tertiary/aromatic N) is 2. The van der Waals surface area contributed by atoms with Crippen LogP contribution in [0, 0.1) is 6.92 Å². The summed E-state index contributed by atoms with van der Waals surface area (Å²) in [5, 5.41) is 5.28. The minimum absolute atomic E-state index is 0.724. The summed E-state index contributed by atoms with van der Waals surface area (Å²) in [4.78, 5) is 8.50. The van der Waals surface area contributed by atoms with Gasteiger partial charge in [0.05, 0.1) is 19.9 Å². The number of ether oxygens (including phenoxy) is 2. The van der Waals surface area contributed by atoms with Crippen molar-refractivity contribution in [2.75, 3.05) is 21.3 Å². The van der Waals surface area contributed by atoms with Crippen LogP contribution in [0.4, 0.5) is 0 Å². The average molecular weight is 375 g/mol. The number of rotatable bonds is 7. The van der Waals surface area contributed by atoms with Crippen LogP contribution in [0.3, 0.4) is 0 Å². The first kappa shape index (κ1) is 17.9. The molecule has 0 spiro atoms. The average Bonchev–Trinajstić information content (AvgIpc) is 3.24. The van der Waals surface area contributed by atoms with Gasteiger partial charge in [0.1, 0.15) is 5.01 Å². The largest absolute Gasteiger partial charge is 0.493 e. The fourth-order valence-electron chi connectivity index (χ4n) is 2.63. The molecule has 4 nitrogen and oxygen atoms in total. The predicted molar refractivity (Wildman–Crippen MR) is 105 cm³/mol. The van der Waals surface area contributed by atoms with E-state index in [1.165, 1.54) is 10.4 Å². The molecule has 0 fully saturated rings. The number of hydrogen-bond donors (Lipinski definition) is 0. The zero-order valence-electron chi connectivity index (χ0n) is 14.9. The van der Waals surface area contributed by atoms with Crippen molar-refractivity contribution >= 4 is 22.7 Å². The fourth-order valence-corrected chi connectivity index (χ4v) is 4.42. The van der Waals surface area contributed by atoms with E-state index in [2.05, 4.69) is 35.7 Å². The van der Waals surface area contributed by atoms with Crippen LogP contribution in [0.15, 0.2) is 35.0 Å². The Hall–Kier alpha value is -1.89. The maximum atomic E-state index is 5.38. The number of aromatic nitrogens is 1. The van der Waals surface area contributed by atoms with Crippen molar-refractivity contribution in [2.45, 2.75) is 20.0 Å². The van der Waals surface area contributed by atoms with Crippen LogP contribution in [-0.2, 0) is 13.1 Å². The lowest BCUT2D eigenvalue weighted by molar-refractivity contribution is 0.318. The molecular weight excluding hydrogens is 352 g/mol. The summed E-state index contributed by atoms with van der Waals surface area (Å²) in [5.74, 6) is 1.45. The van der Waals surface area contributed by atoms with Gasteiger partial charge in [-0.2, -0.15) is 0 Å². The number of thiophene rings is 1. The Morgan fingerprint density at radius 3 is 2.52 bits per heavy atom. The molecule has 0 unspecified atom stereocenters. The zero-order valence-corrected chi connectivity index (χ0v) is 16.5. The second-order valence-electron chi connectivity index (χ2n) is 5.91. The normalized spacial score (nSPS) is 11.1. The molecule has 132 valence electrons. The topological polar surface area (TPSA) is 34.6 Å². The number of hydrogen-bond acceptors (Lipinski definition) is 6. The van der Waals surface area contributed by atoms with Gasteiger partial charge in [0.2, 0.25) is 0 Å². The van der Waals surface area contributed by atoms with Crippen molar-refractivity contribution in [3.8, 4) is 22.1 Å². The van der Waals surface area contributed by atoms with Gasteiger partial charge in [-0.25, -0.2) is 4.98 Å². The van der Waals surface area contributed by atoms with Gasteiger partial charge in [-0.3, -0.25) is 4.90 Å². The van der Waals surface area contributed by atoms with E-state index < -0.39 is 0 Å². The van der Waals surface area contributed by atoms with Crippen LogP contribution < -0.4 is 9.47 Å². The standard InChI is InChI=1S/C19H22N2O2S2/c1-13-7-8-24-18(13)11-21(2)10-15-12-25-19(20-15)14-5-6-16(22-3)17(9-14)23-4/h5-9,12H,10-11H2,1-4H3. The molecule has 2 aromatic heterocycles. The Labute approximate surface area is 156 Å². The molecular formula is C19H22N2O2S2. The minimum Gasteiger partial charge on any atom is -0.493 e. The lowest BCUT2D eigenvalue weighted by Gasteiger charge is -2.14. The van der Waals surface area contributed by atoms with E-state index in [1.54, 1.807) is 25.6 Å². The second-order valence-corrected chi connectivity index (χ2v) is 7.77. The third-order valence-corrected chi connectivity index (χ3v) is 5.94. The molecule has 6 heteroatoms.